The minimum atomic E-state index is -4.98. The first-order valence-corrected chi connectivity index (χ1v) is 10.1. The van der Waals surface area contributed by atoms with Crippen LogP contribution in [0.25, 0.3) is 0 Å². The molecule has 2 unspecified atom stereocenters. The van der Waals surface area contributed by atoms with Gasteiger partial charge in [0.15, 0.2) is 11.0 Å². The van der Waals surface area contributed by atoms with Gasteiger partial charge < -0.3 is 10.0 Å². The van der Waals surface area contributed by atoms with E-state index in [1.54, 1.807) is 51.2 Å². The lowest BCUT2D eigenvalue weighted by atomic mass is 9.93. The van der Waals surface area contributed by atoms with Crippen molar-refractivity contribution in [2.75, 3.05) is 24.4 Å². The first-order chi connectivity index (χ1) is 13.6. The van der Waals surface area contributed by atoms with Crippen molar-refractivity contribution in [2.24, 2.45) is 0 Å². The van der Waals surface area contributed by atoms with Gasteiger partial charge in [-0.1, -0.05) is 30.3 Å². The molecule has 2 rings (SSSR count). The normalized spacial score (nSPS) is 14.3. The van der Waals surface area contributed by atoms with Crippen LogP contribution in [0.15, 0.2) is 59.5 Å². The summed E-state index contributed by atoms with van der Waals surface area (Å²) in [5.41, 5.74) is -3.25. The Balaban J connectivity index is 2.35. The molecule has 29 heavy (non-hydrogen) atoms. The SMILES string of the molecule is CCN(C#CC(O)(c1ccc(N(C)S(=O)c2ccccc2)cc1)C(F)(F)F)CC. The third kappa shape index (κ3) is 5.11. The predicted molar refractivity (Wildman–Crippen MR) is 108 cm³/mol. The van der Waals surface area contributed by atoms with Gasteiger partial charge in [-0.3, -0.25) is 4.31 Å². The summed E-state index contributed by atoms with van der Waals surface area (Å²) in [5.74, 6) is 1.98. The third-order valence-corrected chi connectivity index (χ3v) is 5.79. The Morgan fingerprint density at radius 1 is 1.00 bits per heavy atom. The largest absolute Gasteiger partial charge is 0.433 e. The van der Waals surface area contributed by atoms with Crippen molar-refractivity contribution in [2.45, 2.75) is 30.5 Å². The van der Waals surface area contributed by atoms with Gasteiger partial charge in [0.2, 0.25) is 5.60 Å². The van der Waals surface area contributed by atoms with Crippen LogP contribution in [-0.2, 0) is 16.6 Å². The molecule has 0 spiro atoms. The van der Waals surface area contributed by atoms with Crippen LogP contribution in [0, 0.1) is 12.0 Å². The molecule has 0 radical (unpaired) electrons. The summed E-state index contributed by atoms with van der Waals surface area (Å²) < 4.78 is 54.9. The zero-order valence-corrected chi connectivity index (χ0v) is 17.2. The van der Waals surface area contributed by atoms with Gasteiger partial charge in [0.25, 0.3) is 0 Å². The van der Waals surface area contributed by atoms with E-state index >= 15 is 0 Å². The molecular formula is C21H23F3N2O2S. The smallest absolute Gasteiger partial charge is 0.366 e. The van der Waals surface area contributed by atoms with Crippen molar-refractivity contribution in [3.05, 3.63) is 60.2 Å². The van der Waals surface area contributed by atoms with E-state index in [4.69, 9.17) is 0 Å². The molecule has 0 aromatic heterocycles. The Kier molecular flexibility index (Phi) is 7.33. The summed E-state index contributed by atoms with van der Waals surface area (Å²) >= 11 is 0. The molecule has 0 saturated heterocycles. The Hall–Kier alpha value is -2.50. The van der Waals surface area contributed by atoms with Crippen LogP contribution in [-0.4, -0.2) is 40.5 Å². The van der Waals surface area contributed by atoms with Crippen molar-refractivity contribution >= 4 is 16.7 Å². The summed E-state index contributed by atoms with van der Waals surface area (Å²) in [6.07, 6.45) is -4.98. The summed E-state index contributed by atoms with van der Waals surface area (Å²) in [4.78, 5) is 2.04. The Morgan fingerprint density at radius 3 is 2.03 bits per heavy atom. The van der Waals surface area contributed by atoms with Gasteiger partial charge in [-0.15, -0.1) is 0 Å². The zero-order chi connectivity index (χ0) is 21.7. The van der Waals surface area contributed by atoms with Crippen molar-refractivity contribution in [1.82, 2.24) is 4.90 Å². The highest BCUT2D eigenvalue weighted by Gasteiger charge is 2.54. The van der Waals surface area contributed by atoms with E-state index in [9.17, 15) is 22.5 Å². The van der Waals surface area contributed by atoms with E-state index in [0.29, 0.717) is 23.7 Å². The fraction of sp³-hybridized carbons (Fsp3) is 0.333. The molecule has 0 aliphatic carbocycles. The molecule has 1 N–H and O–H groups in total. The first-order valence-electron chi connectivity index (χ1n) is 9.02. The molecule has 0 saturated carbocycles. The van der Waals surface area contributed by atoms with Gasteiger partial charge in [0.1, 0.15) is 0 Å². The van der Waals surface area contributed by atoms with Crippen LogP contribution in [0.2, 0.25) is 0 Å². The summed E-state index contributed by atoms with van der Waals surface area (Å²) in [6.45, 7) is 4.41. The fourth-order valence-corrected chi connectivity index (χ4v) is 3.57. The van der Waals surface area contributed by atoms with Crippen LogP contribution in [0.4, 0.5) is 18.9 Å². The molecule has 2 aromatic rings. The summed E-state index contributed by atoms with van der Waals surface area (Å²) in [5, 5.41) is 10.4. The highest BCUT2D eigenvalue weighted by Crippen LogP contribution is 2.39. The van der Waals surface area contributed by atoms with Crippen molar-refractivity contribution < 1.29 is 22.5 Å². The molecular weight excluding hydrogens is 401 g/mol. The zero-order valence-electron chi connectivity index (χ0n) is 16.4. The third-order valence-electron chi connectivity index (χ3n) is 4.41. The molecule has 2 atom stereocenters. The maximum Gasteiger partial charge on any atom is 0.433 e. The van der Waals surface area contributed by atoms with E-state index in [2.05, 4.69) is 6.04 Å². The van der Waals surface area contributed by atoms with Gasteiger partial charge in [-0.25, -0.2) is 4.21 Å². The van der Waals surface area contributed by atoms with E-state index in [0.717, 1.165) is 12.1 Å². The number of anilines is 1. The van der Waals surface area contributed by atoms with E-state index in [1.807, 2.05) is 5.92 Å². The number of halogens is 3. The fourth-order valence-electron chi connectivity index (χ4n) is 2.55. The van der Waals surface area contributed by atoms with Gasteiger partial charge in [0, 0.05) is 37.4 Å². The standard InChI is InChI=1S/C21H23F3N2O2S/c1-4-26(5-2)16-15-20(27,21(22,23)24)17-11-13-18(14-12-17)25(3)29(28)19-9-7-6-8-10-19/h6-14,27H,4-5H2,1-3H3. The minimum absolute atomic E-state index is 0.396. The predicted octanol–water partition coefficient (Wildman–Crippen LogP) is 3.90. The molecule has 8 heteroatoms. The molecule has 4 nitrogen and oxygen atoms in total. The monoisotopic (exact) mass is 424 g/mol. The van der Waals surface area contributed by atoms with Crippen LogP contribution in [0.5, 0.6) is 0 Å². The van der Waals surface area contributed by atoms with Gasteiger partial charge in [-0.05, 0) is 44.0 Å². The maximum absolute atomic E-state index is 13.6. The molecule has 0 amide bonds. The van der Waals surface area contributed by atoms with Gasteiger partial charge >= 0.3 is 6.18 Å². The number of alkyl halides is 3. The second-order valence-electron chi connectivity index (χ2n) is 6.22. The lowest BCUT2D eigenvalue weighted by Crippen LogP contribution is -2.41. The van der Waals surface area contributed by atoms with Gasteiger partial charge in [0.05, 0.1) is 4.90 Å². The number of rotatable bonds is 6. The highest BCUT2D eigenvalue weighted by molar-refractivity contribution is 7.86. The lowest BCUT2D eigenvalue weighted by molar-refractivity contribution is -0.240. The topological polar surface area (TPSA) is 43.8 Å². The number of nitrogens with zero attached hydrogens (tertiary/aromatic N) is 2. The lowest BCUT2D eigenvalue weighted by Gasteiger charge is -2.27. The number of benzene rings is 2. The van der Waals surface area contributed by atoms with Crippen molar-refractivity contribution in [3.63, 3.8) is 0 Å². The number of hydrogen-bond acceptors (Lipinski definition) is 3. The summed E-state index contributed by atoms with van der Waals surface area (Å²) in [6, 6.07) is 16.2. The molecule has 0 heterocycles. The van der Waals surface area contributed by atoms with Crippen LogP contribution in [0.1, 0.15) is 19.4 Å². The average molecular weight is 424 g/mol. The Bertz CT molecular complexity index is 888. The average Bonchev–Trinajstić information content (AvgIpc) is 2.73. The van der Waals surface area contributed by atoms with Crippen molar-refractivity contribution in [1.29, 1.82) is 0 Å². The van der Waals surface area contributed by atoms with Crippen LogP contribution < -0.4 is 4.31 Å². The van der Waals surface area contributed by atoms with Crippen LogP contribution >= 0.6 is 0 Å². The number of hydrogen-bond donors (Lipinski definition) is 1. The maximum atomic E-state index is 13.6. The van der Waals surface area contributed by atoms with Gasteiger partial charge in [-0.2, -0.15) is 13.2 Å². The van der Waals surface area contributed by atoms with Crippen LogP contribution in [0.3, 0.4) is 0 Å². The molecule has 156 valence electrons. The molecule has 0 aliphatic rings. The molecule has 0 fully saturated rings. The van der Waals surface area contributed by atoms with E-state index < -0.39 is 28.3 Å². The molecule has 2 aromatic carbocycles. The minimum Gasteiger partial charge on any atom is -0.366 e. The quantitative estimate of drug-likeness (QED) is 0.565. The van der Waals surface area contributed by atoms with E-state index in [-0.39, 0.29) is 0 Å². The summed E-state index contributed by atoms with van der Waals surface area (Å²) in [7, 11) is 0.0555. The molecule has 0 aliphatic heterocycles. The second kappa shape index (κ2) is 9.33. The molecule has 0 bridgehead atoms. The Morgan fingerprint density at radius 2 is 1.55 bits per heavy atom. The number of aliphatic hydroxyl groups is 1. The second-order valence-corrected chi connectivity index (χ2v) is 7.74. The highest BCUT2D eigenvalue weighted by atomic mass is 32.2. The first kappa shape index (κ1) is 22.8. The van der Waals surface area contributed by atoms with Crippen molar-refractivity contribution in [3.8, 4) is 12.0 Å². The Labute approximate surface area is 171 Å². The van der Waals surface area contributed by atoms with E-state index in [1.165, 1.54) is 21.3 Å².